The van der Waals surface area contributed by atoms with Gasteiger partial charge in [-0.2, -0.15) is 0 Å². The van der Waals surface area contributed by atoms with Gasteiger partial charge in [0.15, 0.2) is 5.11 Å². The van der Waals surface area contributed by atoms with E-state index >= 15 is 0 Å². The first kappa shape index (κ1) is 27.7. The second-order valence-electron chi connectivity index (χ2n) is 11.8. The molecule has 0 saturated carbocycles. The van der Waals surface area contributed by atoms with E-state index in [0.29, 0.717) is 16.9 Å². The summed E-state index contributed by atoms with van der Waals surface area (Å²) in [5, 5.41) is 5.01. The molecule has 3 aromatic heterocycles. The Kier molecular flexibility index (Phi) is 7.51. The minimum atomic E-state index is -0.133. The summed E-state index contributed by atoms with van der Waals surface area (Å²) >= 11 is 13.0. The van der Waals surface area contributed by atoms with Crippen molar-refractivity contribution < 1.29 is 0 Å². The number of hydrogen-bond donors (Lipinski definition) is 1. The molecule has 0 aliphatic carbocycles. The molecule has 0 spiro atoms. The van der Waals surface area contributed by atoms with Crippen LogP contribution in [0.3, 0.4) is 0 Å². The summed E-state index contributed by atoms with van der Waals surface area (Å²) in [5.41, 5.74) is 7.56. The van der Waals surface area contributed by atoms with E-state index in [1.165, 1.54) is 12.0 Å². The van der Waals surface area contributed by atoms with Crippen LogP contribution in [0.5, 0.6) is 0 Å². The van der Waals surface area contributed by atoms with Gasteiger partial charge in [-0.1, -0.05) is 37.6 Å². The summed E-state index contributed by atoms with van der Waals surface area (Å²) in [5.74, 6) is 2.20. The van der Waals surface area contributed by atoms with Crippen LogP contribution in [-0.4, -0.2) is 32.7 Å². The normalized spacial score (nSPS) is 22.7. The Morgan fingerprint density at radius 3 is 2.39 bits per heavy atom. The minimum absolute atomic E-state index is 0.125. The van der Waals surface area contributed by atoms with Crippen LogP contribution < -0.4 is 15.1 Å². The molecular formula is C33H37ClN6S. The number of piperidine rings is 1. The predicted octanol–water partition coefficient (Wildman–Crippen LogP) is 7.51. The third-order valence-corrected chi connectivity index (χ3v) is 9.05. The maximum Gasteiger partial charge on any atom is 0.174 e. The van der Waals surface area contributed by atoms with Crippen molar-refractivity contribution in [1.29, 1.82) is 0 Å². The summed E-state index contributed by atoms with van der Waals surface area (Å²) in [4.78, 5) is 14.1. The first-order chi connectivity index (χ1) is 19.7. The van der Waals surface area contributed by atoms with Crippen molar-refractivity contribution in [3.63, 3.8) is 0 Å². The number of pyridine rings is 2. The summed E-state index contributed by atoms with van der Waals surface area (Å²) in [6.45, 7) is 13.0. The average Bonchev–Trinajstić information content (AvgIpc) is 3.44. The fourth-order valence-electron chi connectivity index (χ4n) is 6.74. The molecule has 2 fully saturated rings. The molecule has 1 N–H and O–H groups in total. The van der Waals surface area contributed by atoms with E-state index in [2.05, 4.69) is 96.8 Å². The second-order valence-corrected chi connectivity index (χ2v) is 12.6. The van der Waals surface area contributed by atoms with Crippen LogP contribution in [0.2, 0.25) is 5.02 Å². The van der Waals surface area contributed by atoms with Gasteiger partial charge in [0.2, 0.25) is 0 Å². The van der Waals surface area contributed by atoms with Crippen LogP contribution in [0.4, 0.5) is 11.4 Å². The zero-order valence-electron chi connectivity index (χ0n) is 24.3. The molecule has 2 aliphatic heterocycles. The number of benzene rings is 1. The first-order valence-corrected chi connectivity index (χ1v) is 15.2. The number of aryl methyl sites for hydroxylation is 2. The van der Waals surface area contributed by atoms with Crippen molar-refractivity contribution >= 4 is 40.3 Å². The molecule has 2 aliphatic rings. The number of anilines is 2. The molecule has 41 heavy (non-hydrogen) atoms. The molecule has 212 valence electrons. The maximum atomic E-state index is 7.03. The van der Waals surface area contributed by atoms with Gasteiger partial charge in [-0.05, 0) is 105 Å². The fraction of sp³-hybridized carbons (Fsp3) is 0.364. The van der Waals surface area contributed by atoms with Crippen molar-refractivity contribution in [2.45, 2.75) is 53.1 Å². The topological polar surface area (TPSA) is 49.2 Å². The zero-order valence-corrected chi connectivity index (χ0v) is 25.9. The number of nitrogens with zero attached hydrogens (tertiary/aromatic N) is 5. The Morgan fingerprint density at radius 1 is 0.951 bits per heavy atom. The summed E-state index contributed by atoms with van der Waals surface area (Å²) in [6.07, 6.45) is 5.01. The quantitative estimate of drug-likeness (QED) is 0.245. The van der Waals surface area contributed by atoms with Crippen LogP contribution in [0, 0.1) is 32.6 Å². The van der Waals surface area contributed by atoms with Crippen molar-refractivity contribution in [1.82, 2.24) is 19.9 Å². The van der Waals surface area contributed by atoms with Gasteiger partial charge in [0.05, 0.1) is 28.5 Å². The molecule has 0 radical (unpaired) electrons. The number of aromatic nitrogens is 3. The highest BCUT2D eigenvalue weighted by Crippen LogP contribution is 2.45. The molecule has 0 bridgehead atoms. The number of hydrogen-bond acceptors (Lipinski definition) is 4. The van der Waals surface area contributed by atoms with E-state index in [-0.39, 0.29) is 12.1 Å². The molecule has 6 nitrogen and oxygen atoms in total. The summed E-state index contributed by atoms with van der Waals surface area (Å²) in [6, 6.07) is 18.6. The lowest BCUT2D eigenvalue weighted by atomic mass is 9.91. The van der Waals surface area contributed by atoms with E-state index in [0.717, 1.165) is 58.0 Å². The standard InChI is InChI=1S/C33H37ClN6S/c1-20-9-12-30(36-17-20)39-23(4)15-26(24(39)5)32-31(28-8-6-7-13-35-28)37-33(41)40(32)25-10-11-29(27(34)16-25)38-18-21(2)14-22(3)19-38/h6-13,15-17,21-22,31-32H,14,18-19H2,1-5H3,(H,37,41)/t21-,22+,31-,32-/m0/s1. The van der Waals surface area contributed by atoms with Gasteiger partial charge in [-0.15, -0.1) is 0 Å². The van der Waals surface area contributed by atoms with E-state index < -0.39 is 0 Å². The summed E-state index contributed by atoms with van der Waals surface area (Å²) < 4.78 is 2.22. The lowest BCUT2D eigenvalue weighted by molar-refractivity contribution is 0.357. The van der Waals surface area contributed by atoms with Crippen LogP contribution in [0.1, 0.15) is 60.6 Å². The molecule has 2 saturated heterocycles. The highest BCUT2D eigenvalue weighted by atomic mass is 35.5. The van der Waals surface area contributed by atoms with Crippen molar-refractivity contribution in [3.8, 4) is 5.82 Å². The van der Waals surface area contributed by atoms with Crippen molar-refractivity contribution in [2.75, 3.05) is 22.9 Å². The van der Waals surface area contributed by atoms with Crippen LogP contribution >= 0.6 is 23.8 Å². The largest absolute Gasteiger partial charge is 0.370 e. The Bertz CT molecular complexity index is 1560. The van der Waals surface area contributed by atoms with Gasteiger partial charge >= 0.3 is 0 Å². The van der Waals surface area contributed by atoms with Crippen molar-refractivity contribution in [3.05, 3.63) is 100 Å². The number of thiocarbonyl (C=S) groups is 1. The number of halogens is 1. The Balaban J connectivity index is 1.44. The van der Waals surface area contributed by atoms with E-state index in [9.17, 15) is 0 Å². The molecule has 4 atom stereocenters. The monoisotopic (exact) mass is 584 g/mol. The van der Waals surface area contributed by atoms with Gasteiger partial charge in [0, 0.05) is 42.6 Å². The third kappa shape index (κ3) is 5.22. The van der Waals surface area contributed by atoms with Gasteiger partial charge in [0.25, 0.3) is 0 Å². The minimum Gasteiger partial charge on any atom is -0.370 e. The Hall–Kier alpha value is -3.42. The second kappa shape index (κ2) is 11.1. The Morgan fingerprint density at radius 2 is 1.73 bits per heavy atom. The van der Waals surface area contributed by atoms with Crippen molar-refractivity contribution in [2.24, 2.45) is 11.8 Å². The molecule has 8 heteroatoms. The van der Waals surface area contributed by atoms with Gasteiger partial charge < -0.3 is 19.7 Å². The molecule has 4 aromatic rings. The fourth-order valence-corrected chi connectivity index (χ4v) is 7.38. The Labute approximate surface area is 253 Å². The van der Waals surface area contributed by atoms with Crippen LogP contribution in [0.15, 0.2) is 67.0 Å². The van der Waals surface area contributed by atoms with E-state index in [1.807, 2.05) is 24.5 Å². The smallest absolute Gasteiger partial charge is 0.174 e. The predicted molar refractivity (Wildman–Crippen MR) is 172 cm³/mol. The maximum absolute atomic E-state index is 7.03. The number of rotatable bonds is 5. The van der Waals surface area contributed by atoms with Gasteiger partial charge in [0.1, 0.15) is 5.82 Å². The number of nitrogens with one attached hydrogen (secondary N) is 1. The third-order valence-electron chi connectivity index (χ3n) is 8.43. The molecule has 1 aromatic carbocycles. The molecular weight excluding hydrogens is 548 g/mol. The SMILES string of the molecule is Cc1ccc(-n2c(C)cc([C@H]3[C@H](c4ccccn4)NC(=S)N3c3ccc(N4C[C@H](C)C[C@H](C)C4)c(Cl)c3)c2C)nc1. The molecule has 5 heterocycles. The van der Waals surface area contributed by atoms with Gasteiger partial charge in [-0.25, -0.2) is 4.98 Å². The molecule has 0 unspecified atom stereocenters. The summed E-state index contributed by atoms with van der Waals surface area (Å²) in [7, 11) is 0. The lowest BCUT2D eigenvalue weighted by Gasteiger charge is -2.37. The molecule has 6 rings (SSSR count). The van der Waals surface area contributed by atoms with Crippen LogP contribution in [-0.2, 0) is 0 Å². The zero-order chi connectivity index (χ0) is 28.8. The molecule has 0 amide bonds. The lowest BCUT2D eigenvalue weighted by Crippen LogP contribution is -2.38. The van der Waals surface area contributed by atoms with Gasteiger partial charge in [-0.3, -0.25) is 4.98 Å². The van der Waals surface area contributed by atoms with E-state index in [1.54, 1.807) is 0 Å². The highest BCUT2D eigenvalue weighted by molar-refractivity contribution is 7.80. The average molecular weight is 585 g/mol. The van der Waals surface area contributed by atoms with E-state index in [4.69, 9.17) is 33.8 Å². The van der Waals surface area contributed by atoms with Crippen LogP contribution in [0.25, 0.3) is 5.82 Å². The first-order valence-electron chi connectivity index (χ1n) is 14.4. The highest BCUT2D eigenvalue weighted by Gasteiger charge is 2.42.